The van der Waals surface area contributed by atoms with Gasteiger partial charge in [0.25, 0.3) is 5.91 Å². The summed E-state index contributed by atoms with van der Waals surface area (Å²) in [5, 5.41) is 15.8. The maximum absolute atomic E-state index is 12.3. The third-order valence-electron chi connectivity index (χ3n) is 2.62. The van der Waals surface area contributed by atoms with Crippen molar-refractivity contribution >= 4 is 39.1 Å². The Balaban J connectivity index is 2.29. The van der Waals surface area contributed by atoms with Crippen LogP contribution in [0.4, 0.5) is 5.69 Å². The monoisotopic (exact) mass is 350 g/mol. The first kappa shape index (κ1) is 14.6. The summed E-state index contributed by atoms with van der Waals surface area (Å²) in [5.74, 6) is -0.169. The Kier molecular flexibility index (Phi) is 4.47. The van der Waals surface area contributed by atoms with Gasteiger partial charge in [-0.15, -0.1) is 5.10 Å². The molecular weight excluding hydrogens is 340 g/mol. The van der Waals surface area contributed by atoms with Gasteiger partial charge in [0.15, 0.2) is 0 Å². The molecule has 1 aromatic heterocycles. The minimum atomic E-state index is -0.289. The highest BCUT2D eigenvalue weighted by Gasteiger charge is 2.19. The highest BCUT2D eigenvalue weighted by atomic mass is 79.9. The molecule has 1 N–H and O–H groups in total. The number of halogens is 1. The lowest BCUT2D eigenvalue weighted by molar-refractivity contribution is 0.102. The van der Waals surface area contributed by atoms with Gasteiger partial charge in [-0.1, -0.05) is 34.3 Å². The Hall–Kier alpha value is -1.78. The second kappa shape index (κ2) is 6.11. The number of anilines is 1. The van der Waals surface area contributed by atoms with Gasteiger partial charge in [0.1, 0.15) is 10.9 Å². The van der Waals surface area contributed by atoms with Gasteiger partial charge in [0.05, 0.1) is 16.9 Å². The predicted molar refractivity (Wildman–Crippen MR) is 80.8 cm³/mol. The summed E-state index contributed by atoms with van der Waals surface area (Å²) in [6.45, 7) is 3.90. The first-order valence-corrected chi connectivity index (χ1v) is 7.42. The molecule has 102 valence electrons. The van der Waals surface area contributed by atoms with Crippen LogP contribution >= 0.6 is 27.5 Å². The number of amides is 1. The number of aromatic nitrogens is 2. The summed E-state index contributed by atoms with van der Waals surface area (Å²) in [6, 6.07) is 7.16. The van der Waals surface area contributed by atoms with E-state index in [0.717, 1.165) is 16.0 Å². The zero-order valence-electron chi connectivity index (χ0n) is 10.8. The average molecular weight is 351 g/mol. The number of nitrogens with zero attached hydrogens (tertiary/aromatic N) is 3. The lowest BCUT2D eigenvalue weighted by Gasteiger charge is -2.07. The molecule has 1 aromatic carbocycles. The van der Waals surface area contributed by atoms with E-state index in [1.54, 1.807) is 18.2 Å². The van der Waals surface area contributed by atoms with E-state index >= 15 is 0 Å². The fourth-order valence-electron chi connectivity index (χ4n) is 1.63. The van der Waals surface area contributed by atoms with Crippen molar-refractivity contribution in [3.8, 4) is 6.07 Å². The Morgan fingerprint density at radius 1 is 1.50 bits per heavy atom. The van der Waals surface area contributed by atoms with Crippen LogP contribution in [-0.2, 0) is 0 Å². The smallest absolute Gasteiger partial charge is 0.269 e. The van der Waals surface area contributed by atoms with Crippen LogP contribution in [0.15, 0.2) is 22.7 Å². The van der Waals surface area contributed by atoms with Gasteiger partial charge in [-0.25, -0.2) is 0 Å². The minimum absolute atomic E-state index is 0.120. The lowest BCUT2D eigenvalue weighted by Crippen LogP contribution is -2.14. The maximum atomic E-state index is 12.3. The Labute approximate surface area is 128 Å². The topological polar surface area (TPSA) is 78.7 Å². The number of carbonyl (C=O) groups is 1. The van der Waals surface area contributed by atoms with Gasteiger partial charge in [0, 0.05) is 4.47 Å². The SMILES string of the molecule is CC(C)c1nnsc1C(=O)Nc1ccc(Br)cc1C#N. The number of hydrogen-bond acceptors (Lipinski definition) is 5. The zero-order valence-corrected chi connectivity index (χ0v) is 13.2. The highest BCUT2D eigenvalue weighted by Crippen LogP contribution is 2.24. The summed E-state index contributed by atoms with van der Waals surface area (Å²) in [4.78, 5) is 12.7. The molecule has 0 bridgehead atoms. The summed E-state index contributed by atoms with van der Waals surface area (Å²) in [7, 11) is 0. The molecule has 20 heavy (non-hydrogen) atoms. The van der Waals surface area contributed by atoms with E-state index in [4.69, 9.17) is 5.26 Å². The van der Waals surface area contributed by atoms with Gasteiger partial charge in [-0.2, -0.15) is 5.26 Å². The fraction of sp³-hybridized carbons (Fsp3) is 0.231. The third kappa shape index (κ3) is 3.03. The molecule has 0 saturated carbocycles. The standard InChI is InChI=1S/C13H11BrN4OS/c1-7(2)11-12(20-18-17-11)13(19)16-10-4-3-9(14)5-8(10)6-15/h3-5,7H,1-2H3,(H,16,19). The zero-order chi connectivity index (χ0) is 14.7. The van der Waals surface area contributed by atoms with E-state index in [1.807, 2.05) is 13.8 Å². The second-order valence-electron chi connectivity index (χ2n) is 4.40. The van der Waals surface area contributed by atoms with Crippen molar-refractivity contribution in [1.29, 1.82) is 5.26 Å². The van der Waals surface area contributed by atoms with Gasteiger partial charge in [-0.3, -0.25) is 4.79 Å². The molecule has 7 heteroatoms. The summed E-state index contributed by atoms with van der Waals surface area (Å²) >= 11 is 4.35. The van der Waals surface area contributed by atoms with E-state index in [2.05, 4.69) is 36.9 Å². The number of carbonyl (C=O) groups excluding carboxylic acids is 1. The van der Waals surface area contributed by atoms with Crippen molar-refractivity contribution in [1.82, 2.24) is 9.59 Å². The van der Waals surface area contributed by atoms with Crippen LogP contribution < -0.4 is 5.32 Å². The maximum Gasteiger partial charge on any atom is 0.269 e. The van der Waals surface area contributed by atoms with Gasteiger partial charge in [0.2, 0.25) is 0 Å². The molecule has 5 nitrogen and oxygen atoms in total. The fourth-order valence-corrected chi connectivity index (χ4v) is 2.71. The van der Waals surface area contributed by atoms with Crippen LogP contribution in [0.25, 0.3) is 0 Å². The lowest BCUT2D eigenvalue weighted by atomic mass is 10.1. The van der Waals surface area contributed by atoms with Crippen molar-refractivity contribution < 1.29 is 4.79 Å². The molecule has 1 amide bonds. The molecule has 0 saturated heterocycles. The van der Waals surface area contributed by atoms with Crippen LogP contribution in [0.5, 0.6) is 0 Å². The number of hydrogen-bond donors (Lipinski definition) is 1. The first-order chi connectivity index (χ1) is 9.52. The molecule has 0 atom stereocenters. The summed E-state index contributed by atoms with van der Waals surface area (Å²) in [5.41, 5.74) is 1.54. The third-order valence-corrected chi connectivity index (χ3v) is 3.85. The molecular formula is C13H11BrN4OS. The molecule has 0 fully saturated rings. The molecule has 0 unspecified atom stereocenters. The minimum Gasteiger partial charge on any atom is -0.320 e. The van der Waals surface area contributed by atoms with Crippen LogP contribution in [0.1, 0.15) is 40.7 Å². The second-order valence-corrected chi connectivity index (χ2v) is 6.07. The molecule has 0 aliphatic rings. The number of rotatable bonds is 3. The first-order valence-electron chi connectivity index (χ1n) is 5.86. The molecule has 0 aliphatic carbocycles. The average Bonchev–Trinajstić information content (AvgIpc) is 2.90. The van der Waals surface area contributed by atoms with E-state index < -0.39 is 0 Å². The Morgan fingerprint density at radius 3 is 2.90 bits per heavy atom. The summed E-state index contributed by atoms with van der Waals surface area (Å²) in [6.07, 6.45) is 0. The molecule has 0 aliphatic heterocycles. The van der Waals surface area contributed by atoms with E-state index in [0.29, 0.717) is 21.8 Å². The van der Waals surface area contributed by atoms with Crippen LogP contribution in [0.3, 0.4) is 0 Å². The predicted octanol–water partition coefficient (Wildman–Crippen LogP) is 3.55. The summed E-state index contributed by atoms with van der Waals surface area (Å²) < 4.78 is 4.61. The van der Waals surface area contributed by atoms with Crippen molar-refractivity contribution in [3.63, 3.8) is 0 Å². The van der Waals surface area contributed by atoms with Crippen molar-refractivity contribution in [2.75, 3.05) is 5.32 Å². The number of benzene rings is 1. The van der Waals surface area contributed by atoms with Gasteiger partial charge < -0.3 is 5.32 Å². The van der Waals surface area contributed by atoms with Crippen molar-refractivity contribution in [2.24, 2.45) is 0 Å². The van der Waals surface area contributed by atoms with Crippen molar-refractivity contribution in [3.05, 3.63) is 38.8 Å². The van der Waals surface area contributed by atoms with Crippen LogP contribution in [0, 0.1) is 11.3 Å². The highest BCUT2D eigenvalue weighted by molar-refractivity contribution is 9.10. The molecule has 0 radical (unpaired) electrons. The van der Waals surface area contributed by atoms with E-state index in [9.17, 15) is 4.79 Å². The van der Waals surface area contributed by atoms with E-state index in [-0.39, 0.29) is 11.8 Å². The quantitative estimate of drug-likeness (QED) is 0.917. The molecule has 1 heterocycles. The van der Waals surface area contributed by atoms with E-state index in [1.165, 1.54) is 0 Å². The van der Waals surface area contributed by atoms with Gasteiger partial charge in [-0.05, 0) is 35.6 Å². The Bertz CT molecular complexity index is 690. The van der Waals surface area contributed by atoms with Crippen molar-refractivity contribution in [2.45, 2.75) is 19.8 Å². The molecule has 2 aromatic rings. The van der Waals surface area contributed by atoms with Gasteiger partial charge >= 0.3 is 0 Å². The number of nitrogens with one attached hydrogen (secondary N) is 1. The molecule has 0 spiro atoms. The van der Waals surface area contributed by atoms with Crippen LogP contribution in [-0.4, -0.2) is 15.5 Å². The molecule has 2 rings (SSSR count). The normalized spacial score (nSPS) is 10.3. The largest absolute Gasteiger partial charge is 0.320 e. The Morgan fingerprint density at radius 2 is 2.25 bits per heavy atom. The number of nitriles is 1. The van der Waals surface area contributed by atoms with Crippen LogP contribution in [0.2, 0.25) is 0 Å².